The van der Waals surface area contributed by atoms with Gasteiger partial charge in [-0.1, -0.05) is 31.2 Å². The Morgan fingerprint density at radius 3 is 2.32 bits per heavy atom. The third-order valence-electron chi connectivity index (χ3n) is 4.61. The lowest BCUT2D eigenvalue weighted by molar-refractivity contribution is -0.253. The van der Waals surface area contributed by atoms with Gasteiger partial charge in [0, 0.05) is 12.6 Å². The summed E-state index contributed by atoms with van der Waals surface area (Å²) in [5, 5.41) is 43.6. The lowest BCUT2D eigenvalue weighted by atomic mass is 9.98. The van der Waals surface area contributed by atoms with E-state index in [2.05, 4.69) is 36.3 Å². The van der Waals surface area contributed by atoms with Gasteiger partial charge in [-0.25, -0.2) is 4.68 Å². The van der Waals surface area contributed by atoms with Crippen LogP contribution >= 0.6 is 0 Å². The van der Waals surface area contributed by atoms with Crippen molar-refractivity contribution in [2.75, 3.05) is 6.61 Å². The molecule has 4 N–H and O–H groups in total. The van der Waals surface area contributed by atoms with Crippen LogP contribution in [0.1, 0.15) is 30.0 Å². The van der Waals surface area contributed by atoms with Crippen molar-refractivity contribution in [3.63, 3.8) is 0 Å². The minimum atomic E-state index is -1.41. The van der Waals surface area contributed by atoms with Gasteiger partial charge in [0.25, 0.3) is 0 Å². The number of aliphatic hydroxyl groups excluding tert-OH is 4. The molecule has 1 aromatic heterocycles. The molecule has 0 bridgehead atoms. The molecular weight excluding hydrogens is 324 g/mol. The summed E-state index contributed by atoms with van der Waals surface area (Å²) in [6.45, 7) is 1.65. The van der Waals surface area contributed by atoms with Crippen molar-refractivity contribution in [3.05, 3.63) is 53.3 Å². The number of aliphatic hydroxyl groups is 4. The molecule has 7 nitrogen and oxygen atoms in total. The number of aryl methyl sites for hydroxylation is 1. The summed E-state index contributed by atoms with van der Waals surface area (Å²) in [7, 11) is 0. The molecule has 0 spiro atoms. The van der Waals surface area contributed by atoms with Gasteiger partial charge in [-0.15, -0.1) is 0 Å². The lowest BCUT2D eigenvalue weighted by Crippen LogP contribution is -2.56. The number of benzene rings is 1. The van der Waals surface area contributed by atoms with Crippen molar-refractivity contribution >= 4 is 0 Å². The summed E-state index contributed by atoms with van der Waals surface area (Å²) in [6.07, 6.45) is -2.75. The molecule has 0 unspecified atom stereocenters. The fraction of sp³-hybridized carbons (Fsp3) is 0.500. The van der Waals surface area contributed by atoms with Crippen molar-refractivity contribution in [1.82, 2.24) is 9.78 Å². The van der Waals surface area contributed by atoms with Crippen molar-refractivity contribution in [2.24, 2.45) is 0 Å². The van der Waals surface area contributed by atoms with Crippen molar-refractivity contribution < 1.29 is 25.2 Å². The zero-order valence-electron chi connectivity index (χ0n) is 14.1. The Kier molecular flexibility index (Phi) is 5.51. The Labute approximate surface area is 146 Å². The monoisotopic (exact) mass is 348 g/mol. The lowest BCUT2D eigenvalue weighted by Gasteiger charge is -2.39. The Hall–Kier alpha value is -1.77. The SMILES string of the molecule is CCc1ccc(Cc2ccn([C@@H]3O[C@H](CO)[C@@H](O)[C@H](O)[C@H]3O)n2)cc1. The van der Waals surface area contributed by atoms with E-state index in [1.807, 2.05) is 6.07 Å². The highest BCUT2D eigenvalue weighted by Gasteiger charge is 2.44. The second-order valence-electron chi connectivity index (χ2n) is 6.35. The van der Waals surface area contributed by atoms with E-state index in [-0.39, 0.29) is 0 Å². The Bertz CT molecular complexity index is 685. The van der Waals surface area contributed by atoms with E-state index in [1.54, 1.807) is 6.20 Å². The smallest absolute Gasteiger partial charge is 0.179 e. The molecule has 136 valence electrons. The minimum absolute atomic E-state index is 0.459. The Balaban J connectivity index is 1.73. The highest BCUT2D eigenvalue weighted by Crippen LogP contribution is 2.28. The highest BCUT2D eigenvalue weighted by molar-refractivity contribution is 5.25. The molecule has 0 aliphatic carbocycles. The van der Waals surface area contributed by atoms with Crippen LogP contribution < -0.4 is 0 Å². The molecule has 0 radical (unpaired) electrons. The van der Waals surface area contributed by atoms with E-state index in [0.29, 0.717) is 6.42 Å². The van der Waals surface area contributed by atoms with Gasteiger partial charge in [-0.05, 0) is 23.6 Å². The zero-order chi connectivity index (χ0) is 18.0. The van der Waals surface area contributed by atoms with Gasteiger partial charge in [-0.3, -0.25) is 0 Å². The molecule has 1 aliphatic heterocycles. The maximum Gasteiger partial charge on any atom is 0.179 e. The second-order valence-corrected chi connectivity index (χ2v) is 6.35. The van der Waals surface area contributed by atoms with Crippen LogP contribution in [0.15, 0.2) is 36.5 Å². The number of ether oxygens (including phenoxy) is 1. The number of rotatable bonds is 5. The third kappa shape index (κ3) is 3.75. The minimum Gasteiger partial charge on any atom is -0.394 e. The first-order valence-corrected chi connectivity index (χ1v) is 8.45. The molecule has 25 heavy (non-hydrogen) atoms. The van der Waals surface area contributed by atoms with Crippen LogP contribution in [0.2, 0.25) is 0 Å². The summed E-state index contributed by atoms with van der Waals surface area (Å²) >= 11 is 0. The Morgan fingerprint density at radius 2 is 1.68 bits per heavy atom. The maximum atomic E-state index is 10.2. The summed E-state index contributed by atoms with van der Waals surface area (Å²) < 4.78 is 6.92. The van der Waals surface area contributed by atoms with Gasteiger partial charge < -0.3 is 25.2 Å². The molecule has 1 saturated heterocycles. The van der Waals surface area contributed by atoms with Crippen LogP contribution in [0.4, 0.5) is 0 Å². The highest BCUT2D eigenvalue weighted by atomic mass is 16.6. The maximum absolute atomic E-state index is 10.2. The van der Waals surface area contributed by atoms with Crippen molar-refractivity contribution in [1.29, 1.82) is 0 Å². The van der Waals surface area contributed by atoms with E-state index < -0.39 is 37.3 Å². The predicted octanol–water partition coefficient (Wildman–Crippen LogP) is 0.00870. The zero-order valence-corrected chi connectivity index (χ0v) is 14.1. The molecule has 5 atom stereocenters. The van der Waals surface area contributed by atoms with E-state index in [9.17, 15) is 20.4 Å². The predicted molar refractivity (Wildman–Crippen MR) is 89.9 cm³/mol. The molecule has 0 saturated carbocycles. The number of hydrogen-bond donors (Lipinski definition) is 4. The standard InChI is InChI=1S/C18H24N2O5/c1-2-11-3-5-12(6-4-11)9-13-7-8-20(19-13)18-17(24)16(23)15(22)14(10-21)25-18/h3-8,14-18,21-24H,2,9-10H2,1H3/t14-,15-,16+,17-,18-/m1/s1. The number of hydrogen-bond acceptors (Lipinski definition) is 6. The first-order chi connectivity index (χ1) is 12.0. The van der Waals surface area contributed by atoms with Gasteiger partial charge in [0.05, 0.1) is 12.3 Å². The molecule has 3 rings (SSSR count). The van der Waals surface area contributed by atoms with E-state index in [1.165, 1.54) is 10.2 Å². The van der Waals surface area contributed by atoms with Crippen LogP contribution in [-0.2, 0) is 17.6 Å². The third-order valence-corrected chi connectivity index (χ3v) is 4.61. The molecule has 0 amide bonds. The molecule has 2 heterocycles. The molecule has 1 aromatic carbocycles. The fourth-order valence-corrected chi connectivity index (χ4v) is 3.02. The molecule has 7 heteroatoms. The Morgan fingerprint density at radius 1 is 1.00 bits per heavy atom. The van der Waals surface area contributed by atoms with E-state index in [4.69, 9.17) is 4.74 Å². The van der Waals surface area contributed by atoms with Gasteiger partial charge in [0.15, 0.2) is 6.23 Å². The summed E-state index contributed by atoms with van der Waals surface area (Å²) in [5.74, 6) is 0. The van der Waals surface area contributed by atoms with Gasteiger partial charge >= 0.3 is 0 Å². The molecular formula is C18H24N2O5. The number of aromatic nitrogens is 2. The quantitative estimate of drug-likeness (QED) is 0.606. The molecule has 2 aromatic rings. The molecule has 1 aliphatic rings. The number of nitrogens with zero attached hydrogens (tertiary/aromatic N) is 2. The van der Waals surface area contributed by atoms with Crippen molar-refractivity contribution in [2.45, 2.75) is 50.4 Å². The van der Waals surface area contributed by atoms with E-state index in [0.717, 1.165) is 17.7 Å². The summed E-state index contributed by atoms with van der Waals surface area (Å²) in [6, 6.07) is 10.1. The summed E-state index contributed by atoms with van der Waals surface area (Å²) in [5.41, 5.74) is 3.19. The topological polar surface area (TPSA) is 108 Å². The largest absolute Gasteiger partial charge is 0.394 e. The second kappa shape index (κ2) is 7.63. The van der Waals surface area contributed by atoms with Crippen LogP contribution in [0.25, 0.3) is 0 Å². The van der Waals surface area contributed by atoms with Crippen LogP contribution in [-0.4, -0.2) is 61.2 Å². The van der Waals surface area contributed by atoms with Crippen molar-refractivity contribution in [3.8, 4) is 0 Å². The first-order valence-electron chi connectivity index (χ1n) is 8.45. The fourth-order valence-electron chi connectivity index (χ4n) is 3.02. The van der Waals surface area contributed by atoms with Crippen LogP contribution in [0, 0.1) is 0 Å². The first kappa shape index (κ1) is 18.0. The average Bonchev–Trinajstić information content (AvgIpc) is 3.09. The van der Waals surface area contributed by atoms with E-state index >= 15 is 0 Å². The molecule has 1 fully saturated rings. The van der Waals surface area contributed by atoms with Gasteiger partial charge in [0.2, 0.25) is 0 Å². The van der Waals surface area contributed by atoms with Gasteiger partial charge in [0.1, 0.15) is 24.4 Å². The normalized spacial score (nSPS) is 29.7. The summed E-state index contributed by atoms with van der Waals surface area (Å²) in [4.78, 5) is 0. The van der Waals surface area contributed by atoms with Crippen LogP contribution in [0.3, 0.4) is 0 Å². The average molecular weight is 348 g/mol. The van der Waals surface area contributed by atoms with Crippen LogP contribution in [0.5, 0.6) is 0 Å². The van der Waals surface area contributed by atoms with Gasteiger partial charge in [-0.2, -0.15) is 5.10 Å².